The summed E-state index contributed by atoms with van der Waals surface area (Å²) in [6, 6.07) is 3.65. The second-order valence-corrected chi connectivity index (χ2v) is 14.1. The van der Waals surface area contributed by atoms with Crippen LogP contribution in [-0.4, -0.2) is 32.7 Å². The predicted octanol–water partition coefficient (Wildman–Crippen LogP) is 8.90. The van der Waals surface area contributed by atoms with E-state index in [4.69, 9.17) is 0 Å². The summed E-state index contributed by atoms with van der Waals surface area (Å²) in [5, 5.41) is 31.5. The Morgan fingerprint density at radius 2 is 1.41 bits per heavy atom. The lowest BCUT2D eigenvalue weighted by atomic mass is 9.38. The zero-order chi connectivity index (χ0) is 33.2. The number of rotatable bonds is 10. The van der Waals surface area contributed by atoms with Gasteiger partial charge in [0.25, 0.3) is 0 Å². The third kappa shape index (κ3) is 6.27. The summed E-state index contributed by atoms with van der Waals surface area (Å²) in [6.45, 7) is 17.8. The normalized spacial score (nSPS) is 25.8. The molecule has 2 fully saturated rings. The number of allylic oxidation sites excluding steroid dienone is 9. The molecule has 1 aromatic carbocycles. The molecule has 1 aromatic rings. The Hall–Kier alpha value is -3.67. The van der Waals surface area contributed by atoms with E-state index in [0.717, 1.165) is 30.1 Å². The molecule has 6 heteroatoms. The molecule has 0 saturated heterocycles. The van der Waals surface area contributed by atoms with Crippen LogP contribution in [0.1, 0.15) is 106 Å². The molecular formula is C38H50O6. The summed E-state index contributed by atoms with van der Waals surface area (Å²) >= 11 is 0. The molecule has 3 rings (SSSR count). The molecule has 0 aliphatic heterocycles. The lowest BCUT2D eigenvalue weighted by molar-refractivity contribution is -0.176. The Kier molecular flexibility index (Phi) is 10.4. The largest absolute Gasteiger partial charge is 0.506 e. The summed E-state index contributed by atoms with van der Waals surface area (Å²) < 4.78 is 0. The van der Waals surface area contributed by atoms with E-state index in [9.17, 15) is 29.7 Å². The molecule has 6 nitrogen and oxygen atoms in total. The molecule has 0 radical (unpaired) electrons. The first-order valence-corrected chi connectivity index (χ1v) is 15.6. The number of fused-ring (bicyclic) bond motifs is 2. The van der Waals surface area contributed by atoms with Gasteiger partial charge in [-0.1, -0.05) is 60.4 Å². The fourth-order valence-electron chi connectivity index (χ4n) is 6.86. The Labute approximate surface area is 263 Å². The molecule has 44 heavy (non-hydrogen) atoms. The van der Waals surface area contributed by atoms with Crippen molar-refractivity contribution in [2.45, 2.75) is 101 Å². The molecule has 2 aliphatic carbocycles. The van der Waals surface area contributed by atoms with Crippen LogP contribution in [0.3, 0.4) is 0 Å². The molecule has 3 atom stereocenters. The third-order valence-electron chi connectivity index (χ3n) is 9.82. The SMILES string of the molecule is CC(C)=CCC/C(C)=C/C[C@@H]1C[C@@]2(CC=C(C)C)C(=O)/C(=C(/O)c3ccc(O)c(O)c3)C(=O)[C@](CC=C(C)C)(C2=O)C1(C)C. The van der Waals surface area contributed by atoms with Crippen LogP contribution >= 0.6 is 0 Å². The van der Waals surface area contributed by atoms with Gasteiger partial charge in [-0.25, -0.2) is 0 Å². The highest BCUT2D eigenvalue weighted by atomic mass is 16.3. The number of hydrogen-bond acceptors (Lipinski definition) is 6. The topological polar surface area (TPSA) is 112 Å². The number of ketones is 3. The quantitative estimate of drug-likeness (QED) is 0.0616. The minimum Gasteiger partial charge on any atom is -0.506 e. The van der Waals surface area contributed by atoms with Gasteiger partial charge in [0.15, 0.2) is 28.8 Å². The van der Waals surface area contributed by atoms with Gasteiger partial charge in [-0.05, 0) is 117 Å². The number of carbonyl (C=O) groups excluding carboxylic acids is 3. The van der Waals surface area contributed by atoms with Gasteiger partial charge >= 0.3 is 0 Å². The lowest BCUT2D eigenvalue weighted by Gasteiger charge is -2.60. The summed E-state index contributed by atoms with van der Waals surface area (Å²) in [6.07, 6.45) is 11.1. The summed E-state index contributed by atoms with van der Waals surface area (Å²) in [5.41, 5.74) is 0.00501. The average molecular weight is 603 g/mol. The molecule has 0 unspecified atom stereocenters. The van der Waals surface area contributed by atoms with E-state index in [1.807, 2.05) is 53.7 Å². The molecule has 2 aliphatic rings. The molecule has 0 heterocycles. The van der Waals surface area contributed by atoms with Crippen LogP contribution in [0, 0.1) is 22.2 Å². The molecule has 0 spiro atoms. The van der Waals surface area contributed by atoms with E-state index >= 15 is 0 Å². The van der Waals surface area contributed by atoms with Gasteiger partial charge in [0, 0.05) is 5.56 Å². The van der Waals surface area contributed by atoms with Gasteiger partial charge in [0.05, 0.1) is 5.41 Å². The number of carbonyl (C=O) groups is 3. The zero-order valence-corrected chi connectivity index (χ0v) is 27.9. The second kappa shape index (κ2) is 13.1. The van der Waals surface area contributed by atoms with E-state index in [2.05, 4.69) is 32.9 Å². The second-order valence-electron chi connectivity index (χ2n) is 14.1. The van der Waals surface area contributed by atoms with E-state index in [-0.39, 0.29) is 36.5 Å². The van der Waals surface area contributed by atoms with E-state index in [0.29, 0.717) is 6.42 Å². The number of benzene rings is 1. The van der Waals surface area contributed by atoms with Crippen molar-refractivity contribution in [2.75, 3.05) is 0 Å². The van der Waals surface area contributed by atoms with Gasteiger partial charge in [0.1, 0.15) is 16.7 Å². The number of phenolic OH excluding ortho intramolecular Hbond substituents is 2. The van der Waals surface area contributed by atoms with E-state index < -0.39 is 50.6 Å². The summed E-state index contributed by atoms with van der Waals surface area (Å²) in [7, 11) is 0. The van der Waals surface area contributed by atoms with Crippen molar-refractivity contribution >= 4 is 23.1 Å². The molecule has 3 N–H and O–H groups in total. The van der Waals surface area contributed by atoms with Crippen molar-refractivity contribution in [3.8, 4) is 11.5 Å². The van der Waals surface area contributed by atoms with Gasteiger partial charge in [-0.2, -0.15) is 0 Å². The predicted molar refractivity (Wildman–Crippen MR) is 176 cm³/mol. The fraction of sp³-hybridized carbons (Fsp3) is 0.500. The van der Waals surface area contributed by atoms with Gasteiger partial charge < -0.3 is 15.3 Å². The van der Waals surface area contributed by atoms with Crippen LogP contribution in [0.15, 0.2) is 70.4 Å². The van der Waals surface area contributed by atoms with Crippen molar-refractivity contribution in [3.05, 3.63) is 75.9 Å². The third-order valence-corrected chi connectivity index (χ3v) is 9.82. The minimum atomic E-state index is -1.59. The maximum atomic E-state index is 14.9. The van der Waals surface area contributed by atoms with E-state index in [1.54, 1.807) is 0 Å². The smallest absolute Gasteiger partial charge is 0.184 e. The molecule has 0 amide bonds. The number of aliphatic hydroxyl groups is 1. The zero-order valence-electron chi connectivity index (χ0n) is 27.9. The van der Waals surface area contributed by atoms with Gasteiger partial charge in [-0.3, -0.25) is 14.4 Å². The number of hydrogen-bond donors (Lipinski definition) is 3. The highest BCUT2D eigenvalue weighted by Crippen LogP contribution is 2.65. The Morgan fingerprint density at radius 3 is 1.98 bits per heavy atom. The minimum absolute atomic E-state index is 0.0171. The molecular weight excluding hydrogens is 552 g/mol. The summed E-state index contributed by atoms with van der Waals surface area (Å²) in [4.78, 5) is 44.3. The highest BCUT2D eigenvalue weighted by molar-refractivity contribution is 6.41. The Balaban J connectivity index is 2.32. The number of phenols is 2. The van der Waals surface area contributed by atoms with Crippen LogP contribution in [0.5, 0.6) is 11.5 Å². The number of Topliss-reactive ketones (excluding diaryl/α,β-unsaturated/α-hetero) is 3. The van der Waals surface area contributed by atoms with Crippen molar-refractivity contribution in [1.82, 2.24) is 0 Å². The first-order chi connectivity index (χ1) is 20.4. The van der Waals surface area contributed by atoms with Crippen molar-refractivity contribution in [2.24, 2.45) is 22.2 Å². The molecule has 0 aromatic heterocycles. The number of aliphatic hydroxyl groups excluding tert-OH is 1. The van der Waals surface area contributed by atoms with Crippen LogP contribution in [0.25, 0.3) is 5.76 Å². The van der Waals surface area contributed by atoms with Crippen molar-refractivity contribution in [1.29, 1.82) is 0 Å². The monoisotopic (exact) mass is 602 g/mol. The molecule has 2 saturated carbocycles. The maximum absolute atomic E-state index is 14.9. The van der Waals surface area contributed by atoms with Crippen LogP contribution < -0.4 is 0 Å². The first-order valence-electron chi connectivity index (χ1n) is 15.6. The van der Waals surface area contributed by atoms with Crippen LogP contribution in [-0.2, 0) is 14.4 Å². The Bertz CT molecular complexity index is 1480. The standard InChI is InChI=1S/C38H50O6/c1-23(2)11-10-12-26(7)13-15-28-22-37(19-17-24(3)4)33(42)31(32(41)27-14-16-29(39)30(40)21-27)34(43)38(35(37)44,36(28,8)9)20-18-25(5)6/h11,13-14,16-18,21,28,39-41H,10,12,15,19-20,22H2,1-9H3/b26-13+,32-31-/t28-,37+,38-/m1/s1. The lowest BCUT2D eigenvalue weighted by Crippen LogP contribution is -2.69. The number of aromatic hydroxyl groups is 2. The van der Waals surface area contributed by atoms with E-state index in [1.165, 1.54) is 23.3 Å². The van der Waals surface area contributed by atoms with Gasteiger partial charge in [-0.15, -0.1) is 0 Å². The van der Waals surface area contributed by atoms with Crippen LogP contribution in [0.2, 0.25) is 0 Å². The molecule has 2 bridgehead atoms. The Morgan fingerprint density at radius 1 is 0.818 bits per heavy atom. The molecule has 238 valence electrons. The first kappa shape index (κ1) is 34.8. The van der Waals surface area contributed by atoms with Gasteiger partial charge in [0.2, 0.25) is 0 Å². The van der Waals surface area contributed by atoms with Crippen LogP contribution in [0.4, 0.5) is 0 Å². The maximum Gasteiger partial charge on any atom is 0.184 e. The summed E-state index contributed by atoms with van der Waals surface area (Å²) in [5.74, 6) is -3.36. The van der Waals surface area contributed by atoms with Crippen molar-refractivity contribution in [3.63, 3.8) is 0 Å². The fourth-order valence-corrected chi connectivity index (χ4v) is 6.86. The highest BCUT2D eigenvalue weighted by Gasteiger charge is 2.73. The average Bonchev–Trinajstić information content (AvgIpc) is 2.92. The van der Waals surface area contributed by atoms with Crippen molar-refractivity contribution < 1.29 is 29.7 Å².